The Hall–Kier alpha value is -3.26. The van der Waals surface area contributed by atoms with E-state index < -0.39 is 5.97 Å². The van der Waals surface area contributed by atoms with Crippen LogP contribution in [-0.2, 0) is 16.1 Å². The van der Waals surface area contributed by atoms with Crippen molar-refractivity contribution < 1.29 is 18.8 Å². The Morgan fingerprint density at radius 3 is 2.64 bits per heavy atom. The lowest BCUT2D eigenvalue weighted by Crippen LogP contribution is -2.13. The number of anilines is 1. The second kappa shape index (κ2) is 8.62. The second-order valence-corrected chi connectivity index (χ2v) is 7.12. The molecule has 0 unspecified atom stereocenters. The molecular weight excluding hydrogens is 378 g/mol. The van der Waals surface area contributed by atoms with E-state index in [0.29, 0.717) is 22.0 Å². The van der Waals surface area contributed by atoms with E-state index in [0.717, 1.165) is 11.1 Å². The highest BCUT2D eigenvalue weighted by Gasteiger charge is 2.23. The van der Waals surface area contributed by atoms with Gasteiger partial charge in [0.15, 0.2) is 12.4 Å². The number of aromatic nitrogens is 2. The zero-order valence-electron chi connectivity index (χ0n) is 15.7. The Bertz CT molecular complexity index is 1020. The van der Waals surface area contributed by atoms with Gasteiger partial charge in [-0.2, -0.15) is 4.98 Å². The number of hydrogen-bond donors (Lipinski definition) is 1. The molecule has 2 heterocycles. The van der Waals surface area contributed by atoms with Crippen LogP contribution in [0.1, 0.15) is 35.9 Å². The van der Waals surface area contributed by atoms with E-state index in [4.69, 9.17) is 9.26 Å². The first kappa shape index (κ1) is 19.5. The Kier molecular flexibility index (Phi) is 6.00. The first-order valence-corrected chi connectivity index (χ1v) is 9.41. The van der Waals surface area contributed by atoms with Crippen molar-refractivity contribution in [3.8, 4) is 11.1 Å². The molecule has 8 heteroatoms. The number of carbonyl (C=O) groups excluding carboxylic acids is 2. The maximum Gasteiger partial charge on any atom is 0.342 e. The highest BCUT2D eigenvalue weighted by Crippen LogP contribution is 2.36. The molecule has 0 bridgehead atoms. The summed E-state index contributed by atoms with van der Waals surface area (Å²) in [4.78, 5) is 29.0. The third-order valence-corrected chi connectivity index (χ3v) is 4.53. The summed E-state index contributed by atoms with van der Waals surface area (Å²) in [6.45, 7) is 5.18. The predicted octanol–water partition coefficient (Wildman–Crippen LogP) is 4.37. The molecule has 0 saturated carbocycles. The molecule has 1 aromatic carbocycles. The molecule has 1 N–H and O–H groups in total. The van der Waals surface area contributed by atoms with Crippen molar-refractivity contribution in [1.82, 2.24) is 10.1 Å². The highest BCUT2D eigenvalue weighted by molar-refractivity contribution is 7.15. The first-order valence-electron chi connectivity index (χ1n) is 8.53. The normalized spacial score (nSPS) is 10.4. The van der Waals surface area contributed by atoms with Crippen molar-refractivity contribution in [3.63, 3.8) is 0 Å². The van der Waals surface area contributed by atoms with Crippen LogP contribution in [-0.4, -0.2) is 22.0 Å². The number of ether oxygens (including phenoxy) is 1. The minimum Gasteiger partial charge on any atom is -0.452 e. The lowest BCUT2D eigenvalue weighted by molar-refractivity contribution is -0.111. The van der Waals surface area contributed by atoms with Crippen LogP contribution in [0, 0.1) is 6.92 Å². The molecule has 0 fully saturated rings. The molecule has 3 rings (SSSR count). The first-order chi connectivity index (χ1) is 13.4. The van der Waals surface area contributed by atoms with E-state index in [1.54, 1.807) is 6.92 Å². The number of thiophene rings is 1. The summed E-state index contributed by atoms with van der Waals surface area (Å²) in [7, 11) is 0. The summed E-state index contributed by atoms with van der Waals surface area (Å²) in [6, 6.07) is 9.43. The van der Waals surface area contributed by atoms with Gasteiger partial charge in [-0.3, -0.25) is 4.79 Å². The van der Waals surface area contributed by atoms with E-state index in [9.17, 15) is 9.59 Å². The molecule has 0 radical (unpaired) electrons. The number of rotatable bonds is 6. The van der Waals surface area contributed by atoms with Crippen LogP contribution in [0.2, 0.25) is 0 Å². The molecule has 0 aliphatic rings. The molecule has 0 spiro atoms. The number of carbonyl (C=O) groups is 2. The van der Waals surface area contributed by atoms with E-state index in [2.05, 4.69) is 15.5 Å². The van der Waals surface area contributed by atoms with Gasteiger partial charge in [-0.25, -0.2) is 4.79 Å². The third-order valence-electron chi connectivity index (χ3n) is 3.63. The molecule has 0 aliphatic heterocycles. The Morgan fingerprint density at radius 1 is 1.25 bits per heavy atom. The molecular formula is C20H19N3O4S. The molecule has 0 aliphatic carbocycles. The fourth-order valence-electron chi connectivity index (χ4n) is 2.49. The standard InChI is InChI=1S/C20H19N3O4S/c1-12(2)9-16(24)22-19-18(15(11-28-19)14-7-5-4-6-8-14)20(25)26-10-17-21-13(3)23-27-17/h4-9,11H,10H2,1-3H3,(H,22,24). The van der Waals surface area contributed by atoms with Crippen molar-refractivity contribution >= 4 is 28.2 Å². The summed E-state index contributed by atoms with van der Waals surface area (Å²) in [5.74, 6) is -0.217. The Balaban J connectivity index is 1.90. The zero-order valence-corrected chi connectivity index (χ0v) is 16.5. The molecule has 28 heavy (non-hydrogen) atoms. The van der Waals surface area contributed by atoms with Crippen molar-refractivity contribution in [1.29, 1.82) is 0 Å². The number of esters is 1. The topological polar surface area (TPSA) is 94.3 Å². The fourth-order valence-corrected chi connectivity index (χ4v) is 3.45. The number of amides is 1. The predicted molar refractivity (Wildman–Crippen MR) is 106 cm³/mol. The number of nitrogens with zero attached hydrogens (tertiary/aromatic N) is 2. The molecule has 7 nitrogen and oxygen atoms in total. The van der Waals surface area contributed by atoms with Crippen LogP contribution in [0.5, 0.6) is 0 Å². The van der Waals surface area contributed by atoms with E-state index in [1.165, 1.54) is 17.4 Å². The van der Waals surface area contributed by atoms with Crippen LogP contribution in [0.3, 0.4) is 0 Å². The van der Waals surface area contributed by atoms with Gasteiger partial charge in [0.1, 0.15) is 10.6 Å². The van der Waals surface area contributed by atoms with Gasteiger partial charge in [0.25, 0.3) is 5.89 Å². The maximum atomic E-state index is 12.8. The van der Waals surface area contributed by atoms with Crippen molar-refractivity contribution in [2.24, 2.45) is 0 Å². The Labute approximate surface area is 166 Å². The smallest absolute Gasteiger partial charge is 0.342 e. The van der Waals surface area contributed by atoms with Gasteiger partial charge >= 0.3 is 5.97 Å². The fraction of sp³-hybridized carbons (Fsp3) is 0.200. The zero-order chi connectivity index (χ0) is 20.1. The SMILES string of the molecule is CC(C)=CC(=O)Nc1scc(-c2ccccc2)c1C(=O)OCc1nc(C)no1. The summed E-state index contributed by atoms with van der Waals surface area (Å²) in [5.41, 5.74) is 2.68. The van der Waals surface area contributed by atoms with Crippen LogP contribution >= 0.6 is 11.3 Å². The van der Waals surface area contributed by atoms with Gasteiger partial charge in [-0.1, -0.05) is 41.1 Å². The van der Waals surface area contributed by atoms with Gasteiger partial charge in [-0.15, -0.1) is 11.3 Å². The minimum absolute atomic E-state index is 0.148. The number of benzene rings is 1. The van der Waals surface area contributed by atoms with E-state index in [1.807, 2.05) is 49.6 Å². The van der Waals surface area contributed by atoms with Gasteiger partial charge < -0.3 is 14.6 Å². The number of nitrogens with one attached hydrogen (secondary N) is 1. The largest absolute Gasteiger partial charge is 0.452 e. The van der Waals surface area contributed by atoms with Gasteiger partial charge in [0.05, 0.1) is 0 Å². The quantitative estimate of drug-likeness (QED) is 0.490. The summed E-state index contributed by atoms with van der Waals surface area (Å²) < 4.78 is 10.3. The van der Waals surface area contributed by atoms with E-state index in [-0.39, 0.29) is 18.4 Å². The maximum absolute atomic E-state index is 12.8. The number of hydrogen-bond acceptors (Lipinski definition) is 7. The van der Waals surface area contributed by atoms with Crippen LogP contribution in [0.25, 0.3) is 11.1 Å². The van der Waals surface area contributed by atoms with Crippen molar-refractivity contribution in [2.45, 2.75) is 27.4 Å². The second-order valence-electron chi connectivity index (χ2n) is 6.24. The van der Waals surface area contributed by atoms with Gasteiger partial charge in [0, 0.05) is 17.0 Å². The minimum atomic E-state index is -0.580. The summed E-state index contributed by atoms with van der Waals surface area (Å²) >= 11 is 1.27. The van der Waals surface area contributed by atoms with Gasteiger partial charge in [0.2, 0.25) is 5.91 Å². The molecule has 2 aromatic heterocycles. The Morgan fingerprint density at radius 2 is 2.00 bits per heavy atom. The molecule has 0 atom stereocenters. The third kappa shape index (κ3) is 4.72. The lowest BCUT2D eigenvalue weighted by Gasteiger charge is -2.08. The molecule has 0 saturated heterocycles. The summed E-state index contributed by atoms with van der Waals surface area (Å²) in [6.07, 6.45) is 1.47. The highest BCUT2D eigenvalue weighted by atomic mass is 32.1. The summed E-state index contributed by atoms with van der Waals surface area (Å²) in [5, 5.41) is 8.68. The number of aryl methyl sites for hydroxylation is 1. The average Bonchev–Trinajstić information content (AvgIpc) is 3.26. The van der Waals surface area contributed by atoms with Gasteiger partial charge in [-0.05, 0) is 26.3 Å². The monoisotopic (exact) mass is 397 g/mol. The van der Waals surface area contributed by atoms with Crippen molar-refractivity contribution in [2.75, 3.05) is 5.32 Å². The van der Waals surface area contributed by atoms with Crippen LogP contribution in [0.4, 0.5) is 5.00 Å². The number of allylic oxidation sites excluding steroid dienone is 1. The average molecular weight is 397 g/mol. The van der Waals surface area contributed by atoms with Crippen LogP contribution in [0.15, 0.2) is 51.9 Å². The molecule has 1 amide bonds. The molecule has 144 valence electrons. The van der Waals surface area contributed by atoms with Crippen LogP contribution < -0.4 is 5.32 Å². The van der Waals surface area contributed by atoms with E-state index >= 15 is 0 Å². The molecule has 3 aromatic rings. The van der Waals surface area contributed by atoms with Crippen molar-refractivity contribution in [3.05, 3.63) is 64.6 Å². The lowest BCUT2D eigenvalue weighted by atomic mass is 10.0.